The molecule has 1 heterocycles. The summed E-state index contributed by atoms with van der Waals surface area (Å²) in [6.45, 7) is 0. The molecule has 100 valence electrons. The van der Waals surface area contributed by atoms with Crippen LogP contribution in [0.4, 0.5) is 14.5 Å². The van der Waals surface area contributed by atoms with E-state index in [0.29, 0.717) is 6.07 Å². The van der Waals surface area contributed by atoms with Crippen molar-refractivity contribution in [2.24, 2.45) is 0 Å². The van der Waals surface area contributed by atoms with Crippen LogP contribution in [0.15, 0.2) is 41.6 Å². The van der Waals surface area contributed by atoms with Gasteiger partial charge in [-0.2, -0.15) is 0 Å². The van der Waals surface area contributed by atoms with Gasteiger partial charge in [0.05, 0.1) is 22.5 Å². The van der Waals surface area contributed by atoms with E-state index in [1.54, 1.807) is 0 Å². The first-order chi connectivity index (χ1) is 8.90. The molecular weight excluding hydrogens is 274 g/mol. The van der Waals surface area contributed by atoms with Crippen LogP contribution >= 0.6 is 0 Å². The predicted molar refractivity (Wildman–Crippen MR) is 65.9 cm³/mol. The number of hydrogen-bond acceptors (Lipinski definition) is 4. The standard InChI is InChI=1S/C12H10F2N2O2S/c13-9-2-1-8(10(14)5-9)7-19(17,18)12-3-4-16-6-11(12)15/h1-6H,7,15H2. The fourth-order valence-electron chi connectivity index (χ4n) is 1.60. The fourth-order valence-corrected chi connectivity index (χ4v) is 3.08. The van der Waals surface area contributed by atoms with Gasteiger partial charge < -0.3 is 5.73 Å². The van der Waals surface area contributed by atoms with Crippen LogP contribution in [0.5, 0.6) is 0 Å². The molecule has 0 atom stereocenters. The van der Waals surface area contributed by atoms with Crippen molar-refractivity contribution in [3.8, 4) is 0 Å². The Morgan fingerprint density at radius 1 is 1.21 bits per heavy atom. The summed E-state index contributed by atoms with van der Waals surface area (Å²) in [4.78, 5) is 3.56. The summed E-state index contributed by atoms with van der Waals surface area (Å²) >= 11 is 0. The molecule has 7 heteroatoms. The van der Waals surface area contributed by atoms with Gasteiger partial charge in [-0.3, -0.25) is 4.98 Å². The number of benzene rings is 1. The van der Waals surface area contributed by atoms with Crippen molar-refractivity contribution in [1.82, 2.24) is 4.98 Å². The van der Waals surface area contributed by atoms with Gasteiger partial charge in [-0.1, -0.05) is 6.07 Å². The van der Waals surface area contributed by atoms with Crippen LogP contribution in [0, 0.1) is 11.6 Å². The Hall–Kier alpha value is -2.02. The number of rotatable bonds is 3. The maximum Gasteiger partial charge on any atom is 0.184 e. The second-order valence-corrected chi connectivity index (χ2v) is 5.87. The number of pyridine rings is 1. The van der Waals surface area contributed by atoms with Crippen LogP contribution in [0.3, 0.4) is 0 Å². The molecule has 0 radical (unpaired) electrons. The molecular formula is C12H10F2N2O2S. The second kappa shape index (κ2) is 4.93. The molecule has 0 saturated carbocycles. The average molecular weight is 284 g/mol. The molecule has 0 unspecified atom stereocenters. The normalized spacial score (nSPS) is 11.5. The van der Waals surface area contributed by atoms with E-state index in [1.165, 1.54) is 18.5 Å². The second-order valence-electron chi connectivity index (χ2n) is 3.91. The van der Waals surface area contributed by atoms with Crippen molar-refractivity contribution in [3.63, 3.8) is 0 Å². The molecule has 0 saturated heterocycles. The molecule has 0 aliphatic rings. The Balaban J connectivity index is 2.40. The number of nitrogens with zero attached hydrogens (tertiary/aromatic N) is 1. The summed E-state index contributed by atoms with van der Waals surface area (Å²) in [6.07, 6.45) is 2.48. The molecule has 2 rings (SSSR count). The highest BCUT2D eigenvalue weighted by atomic mass is 32.2. The zero-order valence-corrected chi connectivity index (χ0v) is 10.5. The Kier molecular flexibility index (Phi) is 3.48. The van der Waals surface area contributed by atoms with Crippen molar-refractivity contribution in [3.05, 3.63) is 53.9 Å². The van der Waals surface area contributed by atoms with Crippen LogP contribution in [-0.2, 0) is 15.6 Å². The molecule has 1 aromatic carbocycles. The topological polar surface area (TPSA) is 73.0 Å². The Morgan fingerprint density at radius 2 is 1.95 bits per heavy atom. The van der Waals surface area contributed by atoms with Gasteiger partial charge in [-0.05, 0) is 12.1 Å². The Bertz CT molecular complexity index is 717. The lowest BCUT2D eigenvalue weighted by Crippen LogP contribution is -2.09. The van der Waals surface area contributed by atoms with E-state index >= 15 is 0 Å². The number of halogens is 2. The van der Waals surface area contributed by atoms with Crippen LogP contribution < -0.4 is 5.73 Å². The Labute approximate surface area is 108 Å². The SMILES string of the molecule is Nc1cnccc1S(=O)(=O)Cc1ccc(F)cc1F. The van der Waals surface area contributed by atoms with E-state index in [0.717, 1.165) is 12.1 Å². The van der Waals surface area contributed by atoms with E-state index in [-0.39, 0.29) is 16.1 Å². The first kappa shape index (κ1) is 13.4. The van der Waals surface area contributed by atoms with Crippen molar-refractivity contribution >= 4 is 15.5 Å². The highest BCUT2D eigenvalue weighted by Crippen LogP contribution is 2.22. The monoisotopic (exact) mass is 284 g/mol. The molecule has 0 aliphatic heterocycles. The minimum Gasteiger partial charge on any atom is -0.396 e. The molecule has 0 aliphatic carbocycles. The number of hydrogen-bond donors (Lipinski definition) is 1. The molecule has 0 bridgehead atoms. The van der Waals surface area contributed by atoms with Gasteiger partial charge in [0.2, 0.25) is 0 Å². The van der Waals surface area contributed by atoms with Crippen molar-refractivity contribution in [2.45, 2.75) is 10.6 Å². The first-order valence-corrected chi connectivity index (χ1v) is 6.91. The summed E-state index contributed by atoms with van der Waals surface area (Å²) in [5.74, 6) is -2.26. The van der Waals surface area contributed by atoms with Gasteiger partial charge in [-0.15, -0.1) is 0 Å². The summed E-state index contributed by atoms with van der Waals surface area (Å²) in [5.41, 5.74) is 5.40. The minimum absolute atomic E-state index is 0.00924. The van der Waals surface area contributed by atoms with Crippen LogP contribution in [-0.4, -0.2) is 13.4 Å². The number of anilines is 1. The number of nitrogen functional groups attached to an aromatic ring is 1. The highest BCUT2D eigenvalue weighted by molar-refractivity contribution is 7.90. The minimum atomic E-state index is -3.81. The van der Waals surface area contributed by atoms with Crippen LogP contribution in [0.1, 0.15) is 5.56 Å². The molecule has 4 nitrogen and oxygen atoms in total. The Morgan fingerprint density at radius 3 is 2.58 bits per heavy atom. The van der Waals surface area contributed by atoms with Crippen molar-refractivity contribution < 1.29 is 17.2 Å². The van der Waals surface area contributed by atoms with E-state index in [9.17, 15) is 17.2 Å². The molecule has 19 heavy (non-hydrogen) atoms. The lowest BCUT2D eigenvalue weighted by molar-refractivity contribution is 0.569. The van der Waals surface area contributed by atoms with Gasteiger partial charge in [0.1, 0.15) is 11.6 Å². The van der Waals surface area contributed by atoms with Crippen LogP contribution in [0.25, 0.3) is 0 Å². The molecule has 2 N–H and O–H groups in total. The lowest BCUT2D eigenvalue weighted by atomic mass is 10.2. The number of nitrogens with two attached hydrogens (primary N) is 1. The van der Waals surface area contributed by atoms with Gasteiger partial charge in [0, 0.05) is 17.8 Å². The van der Waals surface area contributed by atoms with E-state index in [1.807, 2.05) is 0 Å². The fraction of sp³-hybridized carbons (Fsp3) is 0.0833. The quantitative estimate of drug-likeness (QED) is 0.934. The summed E-state index contributed by atoms with van der Waals surface area (Å²) < 4.78 is 50.4. The van der Waals surface area contributed by atoms with E-state index < -0.39 is 27.2 Å². The lowest BCUT2D eigenvalue weighted by Gasteiger charge is -2.07. The van der Waals surface area contributed by atoms with Gasteiger partial charge in [-0.25, -0.2) is 17.2 Å². The predicted octanol–water partition coefficient (Wildman–Crippen LogP) is 1.92. The number of aromatic nitrogens is 1. The zero-order valence-electron chi connectivity index (χ0n) is 9.68. The maximum atomic E-state index is 13.4. The summed E-state index contributed by atoms with van der Waals surface area (Å²) in [5, 5.41) is 0. The molecule has 1 aromatic heterocycles. The summed E-state index contributed by atoms with van der Waals surface area (Å²) in [6, 6.07) is 3.98. The summed E-state index contributed by atoms with van der Waals surface area (Å²) in [7, 11) is -3.81. The third-order valence-corrected chi connectivity index (χ3v) is 4.24. The highest BCUT2D eigenvalue weighted by Gasteiger charge is 2.20. The van der Waals surface area contributed by atoms with Gasteiger partial charge >= 0.3 is 0 Å². The van der Waals surface area contributed by atoms with E-state index in [2.05, 4.69) is 4.98 Å². The molecule has 2 aromatic rings. The van der Waals surface area contributed by atoms with Crippen molar-refractivity contribution in [1.29, 1.82) is 0 Å². The maximum absolute atomic E-state index is 13.4. The van der Waals surface area contributed by atoms with Crippen molar-refractivity contribution in [2.75, 3.05) is 5.73 Å². The molecule has 0 amide bonds. The molecule has 0 fully saturated rings. The smallest absolute Gasteiger partial charge is 0.184 e. The first-order valence-electron chi connectivity index (χ1n) is 5.26. The third kappa shape index (κ3) is 2.87. The third-order valence-electron chi connectivity index (χ3n) is 2.51. The van der Waals surface area contributed by atoms with Gasteiger partial charge in [0.15, 0.2) is 9.84 Å². The molecule has 0 spiro atoms. The largest absolute Gasteiger partial charge is 0.396 e. The van der Waals surface area contributed by atoms with Gasteiger partial charge in [0.25, 0.3) is 0 Å². The van der Waals surface area contributed by atoms with Crippen LogP contribution in [0.2, 0.25) is 0 Å². The zero-order chi connectivity index (χ0) is 14.0. The van der Waals surface area contributed by atoms with E-state index in [4.69, 9.17) is 5.73 Å². The number of sulfone groups is 1. The average Bonchev–Trinajstić information content (AvgIpc) is 2.33.